The molecule has 0 amide bonds. The van der Waals surface area contributed by atoms with Gasteiger partial charge in [0.2, 0.25) is 0 Å². The van der Waals surface area contributed by atoms with Crippen molar-refractivity contribution in [2.24, 2.45) is 0 Å². The molecule has 7 heteroatoms. The van der Waals surface area contributed by atoms with Gasteiger partial charge in [0.25, 0.3) is 9.04 Å². The number of rotatable bonds is 6. The third-order valence-corrected chi connectivity index (χ3v) is 3.43. The quantitative estimate of drug-likeness (QED) is 0.365. The van der Waals surface area contributed by atoms with Crippen molar-refractivity contribution in [1.29, 1.82) is 0 Å². The van der Waals surface area contributed by atoms with E-state index < -0.39 is 18.1 Å². The molecule has 0 heterocycles. The second-order valence-corrected chi connectivity index (χ2v) is 6.56. The van der Waals surface area contributed by atoms with Crippen molar-refractivity contribution in [3.63, 3.8) is 0 Å². The third kappa shape index (κ3) is 3.76. The van der Waals surface area contributed by atoms with Crippen LogP contribution in [0, 0.1) is 0 Å². The first-order valence-corrected chi connectivity index (χ1v) is 7.45. The fourth-order valence-electron chi connectivity index (χ4n) is 0.486. The lowest BCUT2D eigenvalue weighted by atomic mass is 11.8. The van der Waals surface area contributed by atoms with Crippen molar-refractivity contribution in [3.05, 3.63) is 0 Å². The van der Waals surface area contributed by atoms with E-state index in [2.05, 4.69) is 0 Å². The van der Waals surface area contributed by atoms with Gasteiger partial charge < -0.3 is 13.3 Å². The van der Waals surface area contributed by atoms with Crippen molar-refractivity contribution < 1.29 is 22.4 Å². The zero-order chi connectivity index (χ0) is 9.61. The van der Waals surface area contributed by atoms with E-state index in [1.807, 2.05) is 13.1 Å². The second-order valence-electron chi connectivity index (χ2n) is 2.19. The van der Waals surface area contributed by atoms with Crippen LogP contribution < -0.4 is 0 Å². The summed E-state index contributed by atoms with van der Waals surface area (Å²) in [4.78, 5) is 0. The molecule has 0 saturated carbocycles. The van der Waals surface area contributed by atoms with Crippen LogP contribution in [0.15, 0.2) is 0 Å². The van der Waals surface area contributed by atoms with Crippen molar-refractivity contribution >= 4 is 18.1 Å². The van der Waals surface area contributed by atoms with E-state index in [1.165, 1.54) is 21.3 Å². The van der Waals surface area contributed by atoms with Crippen molar-refractivity contribution in [2.45, 2.75) is 13.1 Å². The summed E-state index contributed by atoms with van der Waals surface area (Å²) in [6.45, 7) is 3.87. The molecule has 0 aliphatic rings. The summed E-state index contributed by atoms with van der Waals surface area (Å²) < 4.78 is 24.8. The lowest BCUT2D eigenvalue weighted by Crippen LogP contribution is -2.47. The molecular weight excluding hydrogens is 196 g/mol. The Balaban J connectivity index is 3.93. The van der Waals surface area contributed by atoms with Crippen LogP contribution in [0.3, 0.4) is 0 Å². The van der Waals surface area contributed by atoms with Crippen LogP contribution in [-0.2, 0) is 22.4 Å². The Morgan fingerprint density at radius 2 is 1.33 bits per heavy atom. The van der Waals surface area contributed by atoms with Crippen molar-refractivity contribution in [3.8, 4) is 0 Å². The van der Waals surface area contributed by atoms with Crippen LogP contribution in [0.2, 0.25) is 13.1 Å². The van der Waals surface area contributed by atoms with Gasteiger partial charge in [-0.1, -0.05) is 0 Å². The first kappa shape index (κ1) is 12.2. The van der Waals surface area contributed by atoms with Gasteiger partial charge in [-0.3, -0.25) is 4.58 Å². The zero-order valence-corrected chi connectivity index (χ0v) is 10.0. The van der Waals surface area contributed by atoms with Gasteiger partial charge in [-0.05, 0) is 13.1 Å². The van der Waals surface area contributed by atoms with E-state index in [9.17, 15) is 0 Å². The Morgan fingerprint density at radius 1 is 0.917 bits per heavy atom. The first-order chi connectivity index (χ1) is 5.60. The molecule has 0 saturated heterocycles. The highest BCUT2D eigenvalue weighted by Crippen LogP contribution is 2.08. The minimum absolute atomic E-state index is 0.925. The molecule has 0 aromatic rings. The van der Waals surface area contributed by atoms with Crippen LogP contribution in [-0.4, -0.2) is 39.4 Å². The van der Waals surface area contributed by atoms with Gasteiger partial charge in [0.1, 0.15) is 0 Å². The lowest BCUT2D eigenvalue weighted by molar-refractivity contribution is -0.194. The molecule has 12 heavy (non-hydrogen) atoms. The van der Waals surface area contributed by atoms with E-state index in [0.717, 1.165) is 0 Å². The van der Waals surface area contributed by atoms with Crippen molar-refractivity contribution in [2.75, 3.05) is 21.3 Å². The molecule has 5 nitrogen and oxygen atoms in total. The van der Waals surface area contributed by atoms with Gasteiger partial charge in [0.05, 0.1) is 0 Å². The average Bonchev–Trinajstić information content (AvgIpc) is 2.08. The summed E-state index contributed by atoms with van der Waals surface area (Å²) in [6.07, 6.45) is 0. The highest BCUT2D eigenvalue weighted by Gasteiger charge is 2.44. The van der Waals surface area contributed by atoms with Gasteiger partial charge in [0.15, 0.2) is 0 Å². The Morgan fingerprint density at radius 3 is 1.58 bits per heavy atom. The first-order valence-electron chi connectivity index (χ1n) is 3.41. The standard InChI is InChI=1S/C5H15O5Si2/c1-6-12(7-2,8-3)10-9-11(4)5/h1-5H3. The molecule has 0 aromatic heterocycles. The molecule has 0 atom stereocenters. The maximum atomic E-state index is 4.97. The van der Waals surface area contributed by atoms with Gasteiger partial charge >= 0.3 is 9.05 Å². The molecule has 0 bridgehead atoms. The van der Waals surface area contributed by atoms with Crippen LogP contribution in [0.4, 0.5) is 0 Å². The van der Waals surface area contributed by atoms with Gasteiger partial charge in [-0.25, -0.2) is 4.58 Å². The van der Waals surface area contributed by atoms with Gasteiger partial charge in [-0.2, -0.15) is 0 Å². The summed E-state index contributed by atoms with van der Waals surface area (Å²) in [5.41, 5.74) is 0. The molecule has 0 N–H and O–H groups in total. The molecule has 0 aliphatic carbocycles. The summed E-state index contributed by atoms with van der Waals surface area (Å²) in [6, 6.07) is 0. The lowest BCUT2D eigenvalue weighted by Gasteiger charge is -2.22. The zero-order valence-electron chi connectivity index (χ0n) is 8.04. The summed E-state index contributed by atoms with van der Waals surface area (Å²) in [5, 5.41) is 0. The van der Waals surface area contributed by atoms with Crippen molar-refractivity contribution in [1.82, 2.24) is 0 Å². The molecule has 0 aliphatic heterocycles. The minimum atomic E-state index is -2.98. The molecule has 0 aromatic carbocycles. The van der Waals surface area contributed by atoms with Crippen LogP contribution in [0.5, 0.6) is 0 Å². The molecule has 0 fully saturated rings. The third-order valence-electron chi connectivity index (χ3n) is 1.06. The van der Waals surface area contributed by atoms with Gasteiger partial charge in [0, 0.05) is 21.3 Å². The normalized spacial score (nSPS) is 12.5. The minimum Gasteiger partial charge on any atom is -0.353 e. The van der Waals surface area contributed by atoms with Crippen LogP contribution >= 0.6 is 0 Å². The maximum absolute atomic E-state index is 4.97. The van der Waals surface area contributed by atoms with E-state index in [0.29, 0.717) is 0 Å². The fraction of sp³-hybridized carbons (Fsp3) is 1.00. The maximum Gasteiger partial charge on any atom is 0.706 e. The molecule has 0 unspecified atom stereocenters. The Hall–Kier alpha value is 0.234. The van der Waals surface area contributed by atoms with Gasteiger partial charge in [-0.15, -0.1) is 0 Å². The molecule has 1 radical (unpaired) electrons. The fourth-order valence-corrected chi connectivity index (χ4v) is 2.27. The Bertz CT molecular complexity index is 108. The monoisotopic (exact) mass is 211 g/mol. The predicted molar refractivity (Wildman–Crippen MR) is 46.4 cm³/mol. The predicted octanol–water partition coefficient (Wildman–Crippen LogP) is 0.560. The van der Waals surface area contributed by atoms with Crippen LogP contribution in [0.1, 0.15) is 0 Å². The van der Waals surface area contributed by atoms with Crippen LogP contribution in [0.25, 0.3) is 0 Å². The molecular formula is C5H15O5Si2. The summed E-state index contributed by atoms with van der Waals surface area (Å²) in [5.74, 6) is 0. The number of hydrogen-bond donors (Lipinski definition) is 0. The smallest absolute Gasteiger partial charge is 0.353 e. The van der Waals surface area contributed by atoms with E-state index in [4.69, 9.17) is 22.4 Å². The second kappa shape index (κ2) is 5.81. The van der Waals surface area contributed by atoms with E-state index in [1.54, 1.807) is 0 Å². The molecule has 73 valence electrons. The molecule has 0 rings (SSSR count). The summed E-state index contributed by atoms with van der Waals surface area (Å²) >= 11 is 0. The van der Waals surface area contributed by atoms with E-state index >= 15 is 0 Å². The Labute approximate surface area is 75.7 Å². The highest BCUT2D eigenvalue weighted by molar-refractivity contribution is 6.54. The highest BCUT2D eigenvalue weighted by atomic mass is 28.4. The number of hydrogen-bond acceptors (Lipinski definition) is 5. The summed E-state index contributed by atoms with van der Waals surface area (Å²) in [7, 11) is 0.474. The topological polar surface area (TPSA) is 46.2 Å². The largest absolute Gasteiger partial charge is 0.706 e. The average molecular weight is 211 g/mol. The van der Waals surface area contributed by atoms with E-state index in [-0.39, 0.29) is 0 Å². The SMILES string of the molecule is CO[Si](OC)(OC)OO[Si](C)C. The Kier molecular flexibility index (Phi) is 5.92. The molecule has 0 spiro atoms.